The molecule has 2 rings (SSSR count). The van der Waals surface area contributed by atoms with Gasteiger partial charge in [-0.25, -0.2) is 9.59 Å². The van der Waals surface area contributed by atoms with E-state index in [0.717, 1.165) is 15.8 Å². The lowest BCUT2D eigenvalue weighted by Gasteiger charge is -2.34. The third kappa shape index (κ3) is 2.83. The highest BCUT2D eigenvalue weighted by molar-refractivity contribution is 9.11. The quantitative estimate of drug-likeness (QED) is 0.900. The number of urea groups is 1. The second-order valence-corrected chi connectivity index (χ2v) is 7.52. The summed E-state index contributed by atoms with van der Waals surface area (Å²) in [4.78, 5) is 26.9. The van der Waals surface area contributed by atoms with Gasteiger partial charge in [0.1, 0.15) is 5.54 Å². The van der Waals surface area contributed by atoms with Crippen LogP contribution in [0.2, 0.25) is 0 Å². The average molecular weight is 361 g/mol. The Morgan fingerprint density at radius 1 is 1.60 bits per heavy atom. The molecule has 1 aliphatic rings. The van der Waals surface area contributed by atoms with E-state index >= 15 is 0 Å². The Balaban J connectivity index is 2.08. The van der Waals surface area contributed by atoms with E-state index in [1.807, 2.05) is 11.4 Å². The van der Waals surface area contributed by atoms with Crippen LogP contribution in [0.3, 0.4) is 0 Å². The fourth-order valence-corrected chi connectivity index (χ4v) is 3.67. The molecule has 0 bridgehead atoms. The zero-order valence-electron chi connectivity index (χ0n) is 11.4. The van der Waals surface area contributed by atoms with Crippen molar-refractivity contribution >= 4 is 39.3 Å². The number of likely N-dealkylation sites (tertiary alicyclic amines) is 1. The van der Waals surface area contributed by atoms with E-state index in [2.05, 4.69) is 15.9 Å². The first kappa shape index (κ1) is 15.3. The summed E-state index contributed by atoms with van der Waals surface area (Å²) in [5.74, 6) is -0.935. The molecule has 0 aliphatic carbocycles. The molecule has 1 N–H and O–H groups in total. The fourth-order valence-electron chi connectivity index (χ4n) is 2.47. The van der Waals surface area contributed by atoms with Crippen LogP contribution in [0.5, 0.6) is 0 Å². The van der Waals surface area contributed by atoms with Crippen molar-refractivity contribution in [1.29, 1.82) is 0 Å². The Bertz CT molecular complexity index is 533. The lowest BCUT2D eigenvalue weighted by molar-refractivity contribution is -0.147. The van der Waals surface area contributed by atoms with E-state index < -0.39 is 11.5 Å². The topological polar surface area (TPSA) is 60.9 Å². The summed E-state index contributed by atoms with van der Waals surface area (Å²) >= 11 is 4.96. The second kappa shape index (κ2) is 5.73. The van der Waals surface area contributed by atoms with E-state index in [-0.39, 0.29) is 6.03 Å². The van der Waals surface area contributed by atoms with Crippen molar-refractivity contribution in [1.82, 2.24) is 9.80 Å². The minimum absolute atomic E-state index is 0.227. The molecule has 1 atom stereocenters. The Hall–Kier alpha value is -1.08. The number of carboxylic acid groups (broad SMARTS) is 1. The average Bonchev–Trinajstić information content (AvgIpc) is 2.95. The number of amides is 2. The molecule has 1 aliphatic heterocycles. The van der Waals surface area contributed by atoms with Crippen LogP contribution in [0, 0.1) is 0 Å². The number of carbonyl (C=O) groups is 2. The Kier molecular flexibility index (Phi) is 4.39. The molecule has 20 heavy (non-hydrogen) atoms. The van der Waals surface area contributed by atoms with Crippen molar-refractivity contribution < 1.29 is 14.7 Å². The van der Waals surface area contributed by atoms with Gasteiger partial charge in [-0.2, -0.15) is 0 Å². The van der Waals surface area contributed by atoms with E-state index in [9.17, 15) is 14.7 Å². The molecule has 1 saturated heterocycles. The van der Waals surface area contributed by atoms with Gasteiger partial charge >= 0.3 is 12.0 Å². The molecule has 0 saturated carbocycles. The fraction of sp³-hybridized carbons (Fsp3) is 0.538. The summed E-state index contributed by atoms with van der Waals surface area (Å²) in [7, 11) is 1.70. The molecule has 7 heteroatoms. The predicted octanol–water partition coefficient (Wildman–Crippen LogP) is 3.00. The van der Waals surface area contributed by atoms with E-state index in [1.165, 1.54) is 4.90 Å². The summed E-state index contributed by atoms with van der Waals surface area (Å²) in [6.07, 6.45) is 1.23. The number of rotatable bonds is 3. The normalized spacial score (nSPS) is 22.1. The summed E-state index contributed by atoms with van der Waals surface area (Å²) in [6.45, 7) is 2.60. The number of nitrogens with zero attached hydrogens (tertiary/aromatic N) is 2. The van der Waals surface area contributed by atoms with E-state index in [0.29, 0.717) is 19.5 Å². The van der Waals surface area contributed by atoms with Gasteiger partial charge in [-0.05, 0) is 52.7 Å². The molecular weight excluding hydrogens is 344 g/mol. The number of thiophene rings is 1. The monoisotopic (exact) mass is 360 g/mol. The highest BCUT2D eigenvalue weighted by Crippen LogP contribution is 2.30. The Labute approximate surface area is 130 Å². The third-order valence-corrected chi connectivity index (χ3v) is 5.25. The van der Waals surface area contributed by atoms with Crippen LogP contribution in [0.1, 0.15) is 25.3 Å². The van der Waals surface area contributed by atoms with Gasteiger partial charge in [0.2, 0.25) is 0 Å². The van der Waals surface area contributed by atoms with Crippen LogP contribution in [0.4, 0.5) is 4.79 Å². The minimum atomic E-state index is -1.08. The maximum atomic E-state index is 12.5. The smallest absolute Gasteiger partial charge is 0.329 e. The molecule has 1 fully saturated rings. The standard InChI is InChI=1S/C13H17BrN2O3S/c1-13(11(17)18)4-3-5-16(13)12(19)15(2)7-9-6-10(14)20-8-9/h6,8H,3-5,7H2,1-2H3,(H,17,18). The van der Waals surface area contributed by atoms with Gasteiger partial charge in [-0.1, -0.05) is 0 Å². The summed E-state index contributed by atoms with van der Waals surface area (Å²) in [5.41, 5.74) is -0.0467. The van der Waals surface area contributed by atoms with Gasteiger partial charge in [0.15, 0.2) is 0 Å². The number of carbonyl (C=O) groups excluding carboxylic acids is 1. The van der Waals surface area contributed by atoms with Crippen molar-refractivity contribution in [2.24, 2.45) is 0 Å². The zero-order chi connectivity index (χ0) is 14.9. The second-order valence-electron chi connectivity index (χ2n) is 5.23. The molecule has 110 valence electrons. The first-order valence-electron chi connectivity index (χ1n) is 6.33. The number of hydrogen-bond donors (Lipinski definition) is 1. The highest BCUT2D eigenvalue weighted by Gasteiger charge is 2.46. The van der Waals surface area contributed by atoms with Gasteiger partial charge < -0.3 is 14.9 Å². The lowest BCUT2D eigenvalue weighted by Crippen LogP contribution is -2.54. The summed E-state index contributed by atoms with van der Waals surface area (Å²) < 4.78 is 1.02. The Morgan fingerprint density at radius 3 is 2.85 bits per heavy atom. The van der Waals surface area contributed by atoms with E-state index in [1.54, 1.807) is 30.2 Å². The van der Waals surface area contributed by atoms with Crippen LogP contribution >= 0.6 is 27.3 Å². The zero-order valence-corrected chi connectivity index (χ0v) is 13.8. The van der Waals surface area contributed by atoms with Gasteiger partial charge in [-0.15, -0.1) is 11.3 Å². The van der Waals surface area contributed by atoms with Crippen LogP contribution in [0.25, 0.3) is 0 Å². The first-order chi connectivity index (χ1) is 9.34. The van der Waals surface area contributed by atoms with Crippen molar-refractivity contribution in [3.05, 3.63) is 20.8 Å². The summed E-state index contributed by atoms with van der Waals surface area (Å²) in [5, 5.41) is 11.3. The molecule has 1 aromatic heterocycles. The van der Waals surface area contributed by atoms with Gasteiger partial charge in [0.25, 0.3) is 0 Å². The van der Waals surface area contributed by atoms with Crippen molar-refractivity contribution in [3.8, 4) is 0 Å². The number of halogens is 1. The largest absolute Gasteiger partial charge is 0.480 e. The van der Waals surface area contributed by atoms with Crippen molar-refractivity contribution in [2.45, 2.75) is 31.8 Å². The summed E-state index contributed by atoms with van der Waals surface area (Å²) in [6, 6.07) is 1.74. The first-order valence-corrected chi connectivity index (χ1v) is 8.01. The number of carboxylic acids is 1. The van der Waals surface area contributed by atoms with Crippen LogP contribution in [-0.2, 0) is 11.3 Å². The van der Waals surface area contributed by atoms with E-state index in [4.69, 9.17) is 0 Å². The van der Waals surface area contributed by atoms with Gasteiger partial charge in [0.05, 0.1) is 3.79 Å². The minimum Gasteiger partial charge on any atom is -0.480 e. The van der Waals surface area contributed by atoms with Crippen molar-refractivity contribution in [3.63, 3.8) is 0 Å². The molecule has 0 radical (unpaired) electrons. The molecule has 2 amide bonds. The maximum absolute atomic E-state index is 12.5. The predicted molar refractivity (Wildman–Crippen MR) is 80.9 cm³/mol. The molecule has 1 aromatic rings. The highest BCUT2D eigenvalue weighted by atomic mass is 79.9. The molecule has 5 nitrogen and oxygen atoms in total. The van der Waals surface area contributed by atoms with Crippen LogP contribution < -0.4 is 0 Å². The molecule has 1 unspecified atom stereocenters. The van der Waals surface area contributed by atoms with Gasteiger partial charge in [-0.3, -0.25) is 0 Å². The third-order valence-electron chi connectivity index (χ3n) is 3.70. The molecule has 0 spiro atoms. The van der Waals surface area contributed by atoms with Crippen molar-refractivity contribution in [2.75, 3.05) is 13.6 Å². The van der Waals surface area contributed by atoms with Crippen LogP contribution in [-0.4, -0.2) is 46.0 Å². The number of aliphatic carboxylic acids is 1. The molecular formula is C13H17BrN2O3S. The Morgan fingerprint density at radius 2 is 2.30 bits per heavy atom. The SMILES string of the molecule is CN(Cc1csc(Br)c1)C(=O)N1CCCC1(C)C(=O)O. The molecule has 2 heterocycles. The maximum Gasteiger partial charge on any atom is 0.329 e. The number of hydrogen-bond acceptors (Lipinski definition) is 3. The van der Waals surface area contributed by atoms with Gasteiger partial charge in [0, 0.05) is 20.1 Å². The van der Waals surface area contributed by atoms with Crippen LogP contribution in [0.15, 0.2) is 15.2 Å². The lowest BCUT2D eigenvalue weighted by atomic mass is 10.00. The molecule has 0 aromatic carbocycles.